The number of benzene rings is 1. The van der Waals surface area contributed by atoms with Crippen LogP contribution in [0.4, 0.5) is 10.1 Å². The molecule has 98 valence electrons. The highest BCUT2D eigenvalue weighted by molar-refractivity contribution is 5.50. The molecule has 1 atom stereocenters. The third-order valence-electron chi connectivity index (χ3n) is 3.14. The second kappa shape index (κ2) is 6.36. The largest absolute Gasteiger partial charge is 0.372 e. The first-order chi connectivity index (χ1) is 8.45. The van der Waals surface area contributed by atoms with Crippen molar-refractivity contribution in [1.82, 2.24) is 0 Å². The maximum absolute atomic E-state index is 13.7. The summed E-state index contributed by atoms with van der Waals surface area (Å²) in [6, 6.07) is 6.55. The SMILES string of the molecule is CC(C)C(N)CCN(C)c1ccc(C#N)cc1F. The fraction of sp³-hybridized carbons (Fsp3) is 0.500. The van der Waals surface area contributed by atoms with Crippen molar-refractivity contribution in [2.45, 2.75) is 26.3 Å². The number of nitrogens with zero attached hydrogens (tertiary/aromatic N) is 2. The summed E-state index contributed by atoms with van der Waals surface area (Å²) in [5.41, 5.74) is 6.80. The van der Waals surface area contributed by atoms with Gasteiger partial charge in [0.25, 0.3) is 0 Å². The minimum atomic E-state index is -0.366. The highest BCUT2D eigenvalue weighted by atomic mass is 19.1. The normalized spacial score (nSPS) is 12.3. The smallest absolute Gasteiger partial charge is 0.147 e. The van der Waals surface area contributed by atoms with E-state index in [9.17, 15) is 4.39 Å². The Morgan fingerprint density at radius 3 is 2.61 bits per heavy atom. The Hall–Kier alpha value is -1.60. The molecule has 1 unspecified atom stereocenters. The summed E-state index contributed by atoms with van der Waals surface area (Å²) in [4.78, 5) is 1.83. The zero-order valence-corrected chi connectivity index (χ0v) is 11.2. The lowest BCUT2D eigenvalue weighted by Crippen LogP contribution is -2.32. The van der Waals surface area contributed by atoms with Gasteiger partial charge in [0.15, 0.2) is 0 Å². The first-order valence-corrected chi connectivity index (χ1v) is 6.12. The van der Waals surface area contributed by atoms with E-state index < -0.39 is 0 Å². The first-order valence-electron chi connectivity index (χ1n) is 6.12. The Labute approximate surface area is 108 Å². The van der Waals surface area contributed by atoms with Gasteiger partial charge in [-0.05, 0) is 30.5 Å². The van der Waals surface area contributed by atoms with Gasteiger partial charge in [0.2, 0.25) is 0 Å². The molecule has 0 bridgehead atoms. The molecule has 1 aromatic rings. The maximum Gasteiger partial charge on any atom is 0.147 e. The van der Waals surface area contributed by atoms with Gasteiger partial charge in [0.1, 0.15) is 5.82 Å². The van der Waals surface area contributed by atoms with Crippen LogP contribution in [0.2, 0.25) is 0 Å². The van der Waals surface area contributed by atoms with E-state index in [1.54, 1.807) is 12.1 Å². The molecule has 0 saturated heterocycles. The molecular weight excluding hydrogens is 229 g/mol. The first kappa shape index (κ1) is 14.5. The lowest BCUT2D eigenvalue weighted by atomic mass is 10.0. The molecule has 1 aromatic carbocycles. The minimum absolute atomic E-state index is 0.119. The fourth-order valence-corrected chi connectivity index (χ4v) is 1.68. The van der Waals surface area contributed by atoms with Gasteiger partial charge in [-0.3, -0.25) is 0 Å². The average Bonchev–Trinajstić information content (AvgIpc) is 2.34. The summed E-state index contributed by atoms with van der Waals surface area (Å²) < 4.78 is 13.7. The van der Waals surface area contributed by atoms with E-state index in [4.69, 9.17) is 11.0 Å². The lowest BCUT2D eigenvalue weighted by molar-refractivity contribution is 0.465. The van der Waals surface area contributed by atoms with Crippen molar-refractivity contribution in [3.05, 3.63) is 29.6 Å². The third kappa shape index (κ3) is 3.71. The van der Waals surface area contributed by atoms with Crippen LogP contribution in [0.3, 0.4) is 0 Å². The van der Waals surface area contributed by atoms with E-state index in [2.05, 4.69) is 13.8 Å². The van der Waals surface area contributed by atoms with E-state index in [0.717, 1.165) is 6.42 Å². The van der Waals surface area contributed by atoms with Crippen LogP contribution in [0.15, 0.2) is 18.2 Å². The fourth-order valence-electron chi connectivity index (χ4n) is 1.68. The van der Waals surface area contributed by atoms with Crippen molar-refractivity contribution in [2.24, 2.45) is 11.7 Å². The van der Waals surface area contributed by atoms with E-state index in [1.807, 2.05) is 18.0 Å². The number of nitrogens with two attached hydrogens (primary N) is 1. The van der Waals surface area contributed by atoms with Gasteiger partial charge < -0.3 is 10.6 Å². The van der Waals surface area contributed by atoms with Crippen molar-refractivity contribution in [1.29, 1.82) is 5.26 Å². The molecule has 0 spiro atoms. The summed E-state index contributed by atoms with van der Waals surface area (Å²) in [5.74, 6) is 0.0545. The predicted octanol–water partition coefficient (Wildman–Crippen LogP) is 2.51. The number of anilines is 1. The molecule has 0 aliphatic heterocycles. The average molecular weight is 249 g/mol. The van der Waals surface area contributed by atoms with E-state index in [1.165, 1.54) is 6.07 Å². The van der Waals surface area contributed by atoms with E-state index in [0.29, 0.717) is 23.7 Å². The second-order valence-electron chi connectivity index (χ2n) is 4.90. The number of hydrogen-bond donors (Lipinski definition) is 1. The van der Waals surface area contributed by atoms with Crippen LogP contribution in [0.5, 0.6) is 0 Å². The molecule has 2 N–H and O–H groups in total. The third-order valence-corrected chi connectivity index (χ3v) is 3.14. The standard InChI is InChI=1S/C14H20FN3/c1-10(2)13(17)6-7-18(3)14-5-4-11(9-16)8-12(14)15/h4-5,8,10,13H,6-7,17H2,1-3H3. The van der Waals surface area contributed by atoms with Crippen molar-refractivity contribution >= 4 is 5.69 Å². The number of rotatable bonds is 5. The molecule has 4 heteroatoms. The topological polar surface area (TPSA) is 53.0 Å². The second-order valence-corrected chi connectivity index (χ2v) is 4.90. The monoisotopic (exact) mass is 249 g/mol. The van der Waals surface area contributed by atoms with Gasteiger partial charge in [-0.15, -0.1) is 0 Å². The number of nitriles is 1. The van der Waals surface area contributed by atoms with Gasteiger partial charge in [0.05, 0.1) is 17.3 Å². The van der Waals surface area contributed by atoms with Crippen LogP contribution in [0.1, 0.15) is 25.8 Å². The number of hydrogen-bond acceptors (Lipinski definition) is 3. The predicted molar refractivity (Wildman–Crippen MR) is 71.8 cm³/mol. The minimum Gasteiger partial charge on any atom is -0.372 e. The molecule has 0 aliphatic rings. The van der Waals surface area contributed by atoms with Crippen LogP contribution in [0.25, 0.3) is 0 Å². The quantitative estimate of drug-likeness (QED) is 0.872. The Morgan fingerprint density at radius 1 is 1.44 bits per heavy atom. The van der Waals surface area contributed by atoms with Gasteiger partial charge in [-0.2, -0.15) is 5.26 Å². The molecule has 0 aliphatic carbocycles. The summed E-state index contributed by atoms with van der Waals surface area (Å²) in [6.07, 6.45) is 0.813. The lowest BCUT2D eigenvalue weighted by Gasteiger charge is -2.23. The summed E-state index contributed by atoms with van der Waals surface area (Å²) >= 11 is 0. The Balaban J connectivity index is 2.67. The summed E-state index contributed by atoms with van der Waals surface area (Å²) in [6.45, 7) is 4.85. The molecule has 0 aromatic heterocycles. The molecule has 18 heavy (non-hydrogen) atoms. The molecule has 0 radical (unpaired) electrons. The van der Waals surface area contributed by atoms with Crippen molar-refractivity contribution in [3.63, 3.8) is 0 Å². The van der Waals surface area contributed by atoms with Crippen LogP contribution in [-0.4, -0.2) is 19.6 Å². The van der Waals surface area contributed by atoms with E-state index >= 15 is 0 Å². The summed E-state index contributed by atoms with van der Waals surface area (Å²) in [7, 11) is 1.83. The van der Waals surface area contributed by atoms with Gasteiger partial charge in [-0.1, -0.05) is 13.8 Å². The van der Waals surface area contributed by atoms with Crippen molar-refractivity contribution in [2.75, 3.05) is 18.5 Å². The molecule has 3 nitrogen and oxygen atoms in total. The highest BCUT2D eigenvalue weighted by Gasteiger charge is 2.12. The zero-order valence-electron chi connectivity index (χ0n) is 11.2. The number of halogens is 1. The van der Waals surface area contributed by atoms with Crippen LogP contribution in [0, 0.1) is 23.1 Å². The molecule has 0 amide bonds. The van der Waals surface area contributed by atoms with Gasteiger partial charge in [-0.25, -0.2) is 4.39 Å². The van der Waals surface area contributed by atoms with Crippen molar-refractivity contribution < 1.29 is 4.39 Å². The summed E-state index contributed by atoms with van der Waals surface area (Å²) in [5, 5.41) is 8.68. The zero-order chi connectivity index (χ0) is 13.7. The van der Waals surface area contributed by atoms with Crippen molar-refractivity contribution in [3.8, 4) is 6.07 Å². The van der Waals surface area contributed by atoms with Gasteiger partial charge >= 0.3 is 0 Å². The molecule has 0 heterocycles. The Bertz CT molecular complexity index is 437. The van der Waals surface area contributed by atoms with Crippen LogP contribution >= 0.6 is 0 Å². The van der Waals surface area contributed by atoms with Gasteiger partial charge in [0, 0.05) is 19.6 Å². The maximum atomic E-state index is 13.7. The molecule has 0 saturated carbocycles. The van der Waals surface area contributed by atoms with Crippen LogP contribution in [-0.2, 0) is 0 Å². The molecule has 1 rings (SSSR count). The molecular formula is C14H20FN3. The Kier molecular flexibility index (Phi) is 5.11. The highest BCUT2D eigenvalue weighted by Crippen LogP contribution is 2.19. The van der Waals surface area contributed by atoms with E-state index in [-0.39, 0.29) is 11.9 Å². The molecule has 0 fully saturated rings. The Morgan fingerprint density at radius 2 is 2.11 bits per heavy atom. The van der Waals surface area contributed by atoms with Crippen LogP contribution < -0.4 is 10.6 Å².